The number of nitrogens with zero attached hydrogens (tertiary/aromatic N) is 1. The van der Waals surface area contributed by atoms with E-state index >= 15 is 0 Å². The van der Waals surface area contributed by atoms with Crippen molar-refractivity contribution < 1.29 is 4.84 Å². The van der Waals surface area contributed by atoms with Crippen molar-refractivity contribution >= 4 is 23.1 Å². The molecule has 0 bridgehead atoms. The van der Waals surface area contributed by atoms with Crippen LogP contribution in [0.2, 0.25) is 0 Å². The fraction of sp³-hybridized carbons (Fsp3) is 0.0769. The Bertz CT molecular complexity index is 481. The van der Waals surface area contributed by atoms with E-state index in [-0.39, 0.29) is 0 Å². The highest BCUT2D eigenvalue weighted by atomic mass is 32.2. The quantitative estimate of drug-likeness (QED) is 0.737. The Hall–Kier alpha value is -1.45. The van der Waals surface area contributed by atoms with Crippen molar-refractivity contribution in [2.24, 2.45) is 0 Å². The van der Waals surface area contributed by atoms with E-state index in [2.05, 4.69) is 24.3 Å². The predicted octanol–water partition coefficient (Wildman–Crippen LogP) is 3.85. The van der Waals surface area contributed by atoms with Gasteiger partial charge in [0.05, 0.1) is 18.5 Å². The largest absolute Gasteiger partial charge is 0.272 e. The first kappa shape index (κ1) is 9.75. The molecule has 16 heavy (non-hydrogen) atoms. The van der Waals surface area contributed by atoms with Gasteiger partial charge < -0.3 is 0 Å². The van der Waals surface area contributed by atoms with Crippen LogP contribution in [0.1, 0.15) is 0 Å². The van der Waals surface area contributed by atoms with E-state index < -0.39 is 0 Å². The molecular formula is C13H11NOS. The molecule has 80 valence electrons. The van der Waals surface area contributed by atoms with Crippen LogP contribution < -0.4 is 5.06 Å². The molecule has 3 heteroatoms. The van der Waals surface area contributed by atoms with Gasteiger partial charge in [0, 0.05) is 9.79 Å². The van der Waals surface area contributed by atoms with Crippen LogP contribution in [0.25, 0.3) is 0 Å². The van der Waals surface area contributed by atoms with Crippen LogP contribution >= 0.6 is 11.8 Å². The van der Waals surface area contributed by atoms with Gasteiger partial charge in [0.1, 0.15) is 0 Å². The molecule has 2 aromatic rings. The van der Waals surface area contributed by atoms with E-state index in [9.17, 15) is 0 Å². The maximum absolute atomic E-state index is 5.46. The average Bonchev–Trinajstić information content (AvgIpc) is 2.36. The summed E-state index contributed by atoms with van der Waals surface area (Å²) in [6.45, 7) is 0. The zero-order valence-electron chi connectivity index (χ0n) is 8.88. The molecular weight excluding hydrogens is 218 g/mol. The fourth-order valence-electron chi connectivity index (χ4n) is 1.87. The summed E-state index contributed by atoms with van der Waals surface area (Å²) in [7, 11) is 1.70. The number of para-hydroxylation sites is 2. The lowest BCUT2D eigenvalue weighted by molar-refractivity contribution is 0.198. The summed E-state index contributed by atoms with van der Waals surface area (Å²) >= 11 is 1.78. The van der Waals surface area contributed by atoms with Crippen molar-refractivity contribution in [3.05, 3.63) is 48.5 Å². The molecule has 0 saturated carbocycles. The van der Waals surface area contributed by atoms with Crippen molar-refractivity contribution in [1.82, 2.24) is 0 Å². The number of anilines is 2. The molecule has 0 spiro atoms. The van der Waals surface area contributed by atoms with Gasteiger partial charge in [0.2, 0.25) is 0 Å². The standard InChI is InChI=1S/C13H11NOS/c1-15-14-10-6-2-4-8-12(10)16-13-9-5-3-7-11(13)14/h2-9H,1H3. The molecule has 0 amide bonds. The molecule has 0 radical (unpaired) electrons. The highest BCUT2D eigenvalue weighted by molar-refractivity contribution is 7.99. The van der Waals surface area contributed by atoms with E-state index in [1.165, 1.54) is 9.79 Å². The minimum atomic E-state index is 1.11. The Morgan fingerprint density at radius 1 is 0.875 bits per heavy atom. The molecule has 0 atom stereocenters. The minimum Gasteiger partial charge on any atom is -0.272 e. The Morgan fingerprint density at radius 3 is 1.88 bits per heavy atom. The summed E-state index contributed by atoms with van der Waals surface area (Å²) in [5.41, 5.74) is 2.21. The number of rotatable bonds is 1. The highest BCUT2D eigenvalue weighted by Gasteiger charge is 2.22. The van der Waals surface area contributed by atoms with Crippen molar-refractivity contribution in [2.45, 2.75) is 9.79 Å². The highest BCUT2D eigenvalue weighted by Crippen LogP contribution is 2.47. The molecule has 0 fully saturated rings. The second-order valence-corrected chi connectivity index (χ2v) is 4.60. The molecule has 0 aliphatic carbocycles. The Balaban J connectivity index is 2.19. The van der Waals surface area contributed by atoms with Crippen LogP contribution in [0, 0.1) is 0 Å². The van der Waals surface area contributed by atoms with Crippen molar-refractivity contribution in [1.29, 1.82) is 0 Å². The molecule has 1 aliphatic rings. The predicted molar refractivity (Wildman–Crippen MR) is 66.2 cm³/mol. The van der Waals surface area contributed by atoms with Crippen LogP contribution in [0.15, 0.2) is 58.3 Å². The lowest BCUT2D eigenvalue weighted by Gasteiger charge is -2.30. The van der Waals surface area contributed by atoms with Gasteiger partial charge in [0.15, 0.2) is 0 Å². The third-order valence-electron chi connectivity index (χ3n) is 2.57. The minimum absolute atomic E-state index is 1.11. The first-order valence-corrected chi connectivity index (χ1v) is 5.92. The molecule has 2 nitrogen and oxygen atoms in total. The Kier molecular flexibility index (Phi) is 2.35. The van der Waals surface area contributed by atoms with Gasteiger partial charge in [-0.15, -0.1) is 0 Å². The summed E-state index contributed by atoms with van der Waals surface area (Å²) in [6.07, 6.45) is 0. The smallest absolute Gasteiger partial charge is 0.0835 e. The van der Waals surface area contributed by atoms with Gasteiger partial charge in [-0.05, 0) is 24.3 Å². The van der Waals surface area contributed by atoms with Crippen LogP contribution in [0.4, 0.5) is 11.4 Å². The van der Waals surface area contributed by atoms with Crippen LogP contribution in [-0.4, -0.2) is 7.11 Å². The van der Waals surface area contributed by atoms with Crippen molar-refractivity contribution in [2.75, 3.05) is 12.2 Å². The normalized spacial score (nSPS) is 13.2. The first-order valence-electron chi connectivity index (χ1n) is 5.10. The molecule has 0 N–H and O–H groups in total. The lowest BCUT2D eigenvalue weighted by Crippen LogP contribution is -2.18. The number of hydrogen-bond donors (Lipinski definition) is 0. The number of hydrogen-bond acceptors (Lipinski definition) is 3. The van der Waals surface area contributed by atoms with E-state index in [1.54, 1.807) is 18.9 Å². The maximum atomic E-state index is 5.46. The zero-order chi connectivity index (χ0) is 11.0. The summed E-state index contributed by atoms with van der Waals surface area (Å²) < 4.78 is 0. The lowest BCUT2D eigenvalue weighted by atomic mass is 10.2. The summed E-state index contributed by atoms with van der Waals surface area (Å²) in [5.74, 6) is 0. The monoisotopic (exact) mass is 229 g/mol. The Morgan fingerprint density at radius 2 is 1.38 bits per heavy atom. The molecule has 2 aromatic carbocycles. The summed E-state index contributed by atoms with van der Waals surface area (Å²) in [6, 6.07) is 16.5. The van der Waals surface area contributed by atoms with E-state index in [1.807, 2.05) is 29.3 Å². The zero-order valence-corrected chi connectivity index (χ0v) is 9.70. The molecule has 3 rings (SSSR count). The third kappa shape index (κ3) is 1.40. The van der Waals surface area contributed by atoms with Gasteiger partial charge in [-0.25, -0.2) is 5.06 Å². The van der Waals surface area contributed by atoms with Gasteiger partial charge in [0.25, 0.3) is 0 Å². The topological polar surface area (TPSA) is 12.5 Å². The summed E-state index contributed by atoms with van der Waals surface area (Å²) in [5, 5.41) is 1.88. The maximum Gasteiger partial charge on any atom is 0.0835 e. The van der Waals surface area contributed by atoms with E-state index in [0.29, 0.717) is 0 Å². The molecule has 1 aliphatic heterocycles. The van der Waals surface area contributed by atoms with Crippen molar-refractivity contribution in [3.8, 4) is 0 Å². The van der Waals surface area contributed by atoms with E-state index in [4.69, 9.17) is 4.84 Å². The fourth-order valence-corrected chi connectivity index (χ4v) is 2.91. The van der Waals surface area contributed by atoms with Gasteiger partial charge in [-0.2, -0.15) is 0 Å². The van der Waals surface area contributed by atoms with Gasteiger partial charge in [-0.3, -0.25) is 4.84 Å². The SMILES string of the molecule is CON1c2ccccc2Sc2ccccc21. The van der Waals surface area contributed by atoms with Crippen LogP contribution in [0.5, 0.6) is 0 Å². The molecule has 0 unspecified atom stereocenters. The first-order chi connectivity index (χ1) is 7.90. The van der Waals surface area contributed by atoms with E-state index in [0.717, 1.165) is 11.4 Å². The third-order valence-corrected chi connectivity index (χ3v) is 3.70. The second kappa shape index (κ2) is 3.85. The number of fused-ring (bicyclic) bond motifs is 2. The molecule has 0 saturated heterocycles. The van der Waals surface area contributed by atoms with Gasteiger partial charge in [-0.1, -0.05) is 36.0 Å². The Labute approximate surface area is 98.8 Å². The average molecular weight is 229 g/mol. The van der Waals surface area contributed by atoms with Crippen molar-refractivity contribution in [3.63, 3.8) is 0 Å². The molecule has 0 aromatic heterocycles. The van der Waals surface area contributed by atoms with Crippen LogP contribution in [0.3, 0.4) is 0 Å². The van der Waals surface area contributed by atoms with Gasteiger partial charge >= 0.3 is 0 Å². The number of benzene rings is 2. The van der Waals surface area contributed by atoms with Crippen LogP contribution in [-0.2, 0) is 4.84 Å². The molecule has 1 heterocycles. The second-order valence-electron chi connectivity index (χ2n) is 3.51. The summed E-state index contributed by atoms with van der Waals surface area (Å²) in [4.78, 5) is 7.91.